The van der Waals surface area contributed by atoms with E-state index in [2.05, 4.69) is 4.98 Å². The number of hydrogen-bond acceptors (Lipinski definition) is 5. The molecule has 148 valence electrons. The molecule has 0 unspecified atom stereocenters. The van der Waals surface area contributed by atoms with Crippen LogP contribution in [0.5, 0.6) is 0 Å². The van der Waals surface area contributed by atoms with E-state index >= 15 is 0 Å². The second kappa shape index (κ2) is 8.57. The molecule has 0 N–H and O–H groups in total. The van der Waals surface area contributed by atoms with Crippen molar-refractivity contribution in [3.8, 4) is 11.5 Å². The van der Waals surface area contributed by atoms with Crippen LogP contribution in [-0.2, 0) is 11.3 Å². The van der Waals surface area contributed by atoms with Crippen LogP contribution in [0.4, 0.5) is 0 Å². The van der Waals surface area contributed by atoms with Crippen LogP contribution in [0, 0.1) is 6.92 Å². The SMILES string of the molecule is Cc1ccc(C(=O)c2ccccc2C(=O)OCc2coc(-c3ccccc3)n2)cc1. The quantitative estimate of drug-likeness (QED) is 0.329. The molecule has 0 fully saturated rings. The summed E-state index contributed by atoms with van der Waals surface area (Å²) in [5.41, 5.74) is 3.42. The number of oxazole rings is 1. The van der Waals surface area contributed by atoms with Gasteiger partial charge in [0.15, 0.2) is 5.78 Å². The van der Waals surface area contributed by atoms with Crippen LogP contribution in [0.3, 0.4) is 0 Å². The van der Waals surface area contributed by atoms with E-state index in [0.717, 1.165) is 11.1 Å². The Labute approximate surface area is 174 Å². The van der Waals surface area contributed by atoms with Gasteiger partial charge in [-0.05, 0) is 25.1 Å². The number of aromatic nitrogens is 1. The molecule has 0 aliphatic rings. The fraction of sp³-hybridized carbons (Fsp3) is 0.0800. The minimum absolute atomic E-state index is 0.0533. The number of carbonyl (C=O) groups is 2. The zero-order valence-corrected chi connectivity index (χ0v) is 16.4. The predicted molar refractivity (Wildman–Crippen MR) is 112 cm³/mol. The largest absolute Gasteiger partial charge is 0.455 e. The summed E-state index contributed by atoms with van der Waals surface area (Å²) in [5, 5.41) is 0. The molecule has 5 heteroatoms. The normalized spacial score (nSPS) is 10.6. The molecule has 0 aliphatic carbocycles. The summed E-state index contributed by atoms with van der Waals surface area (Å²) in [7, 11) is 0. The summed E-state index contributed by atoms with van der Waals surface area (Å²) < 4.78 is 10.9. The van der Waals surface area contributed by atoms with E-state index in [9.17, 15) is 9.59 Å². The molecule has 4 rings (SSSR count). The van der Waals surface area contributed by atoms with Gasteiger partial charge in [0.05, 0.1) is 5.56 Å². The van der Waals surface area contributed by atoms with Gasteiger partial charge in [0, 0.05) is 16.7 Å². The summed E-state index contributed by atoms with van der Waals surface area (Å²) in [6, 6.07) is 23.3. The Morgan fingerprint density at radius 3 is 2.27 bits per heavy atom. The first-order valence-corrected chi connectivity index (χ1v) is 9.49. The lowest BCUT2D eigenvalue weighted by Gasteiger charge is -2.08. The number of nitrogens with zero attached hydrogens (tertiary/aromatic N) is 1. The second-order valence-corrected chi connectivity index (χ2v) is 6.83. The van der Waals surface area contributed by atoms with Crippen molar-refractivity contribution in [2.75, 3.05) is 0 Å². The number of ether oxygens (including phenoxy) is 1. The number of ketones is 1. The van der Waals surface area contributed by atoms with Gasteiger partial charge in [0.25, 0.3) is 0 Å². The highest BCUT2D eigenvalue weighted by atomic mass is 16.5. The van der Waals surface area contributed by atoms with Crippen LogP contribution in [0.15, 0.2) is 89.5 Å². The van der Waals surface area contributed by atoms with Crippen molar-refractivity contribution in [2.24, 2.45) is 0 Å². The summed E-state index contributed by atoms with van der Waals surface area (Å²) in [6.45, 7) is 1.90. The van der Waals surface area contributed by atoms with Gasteiger partial charge in [0.2, 0.25) is 5.89 Å². The first-order chi connectivity index (χ1) is 14.6. The van der Waals surface area contributed by atoms with E-state index in [-0.39, 0.29) is 18.0 Å². The first-order valence-electron chi connectivity index (χ1n) is 9.49. The van der Waals surface area contributed by atoms with E-state index in [4.69, 9.17) is 9.15 Å². The highest BCUT2D eigenvalue weighted by Crippen LogP contribution is 2.20. The molecule has 5 nitrogen and oxygen atoms in total. The number of esters is 1. The van der Waals surface area contributed by atoms with E-state index in [1.165, 1.54) is 6.26 Å². The van der Waals surface area contributed by atoms with Gasteiger partial charge in [-0.3, -0.25) is 4.79 Å². The van der Waals surface area contributed by atoms with Crippen LogP contribution in [0.25, 0.3) is 11.5 Å². The van der Waals surface area contributed by atoms with Crippen LogP contribution in [0.2, 0.25) is 0 Å². The van der Waals surface area contributed by atoms with Crippen molar-refractivity contribution in [3.63, 3.8) is 0 Å². The standard InChI is InChI=1S/C25H19NO4/c1-17-11-13-18(14-12-17)23(27)21-9-5-6-10-22(21)25(28)30-16-20-15-29-24(26-20)19-7-3-2-4-8-19/h2-15H,16H2,1H3. The average molecular weight is 397 g/mol. The molecule has 0 saturated heterocycles. The molecule has 0 amide bonds. The van der Waals surface area contributed by atoms with E-state index in [1.54, 1.807) is 36.4 Å². The first kappa shape index (κ1) is 19.3. The Hall–Kier alpha value is -3.99. The van der Waals surface area contributed by atoms with Gasteiger partial charge < -0.3 is 9.15 Å². The third kappa shape index (κ3) is 4.20. The third-order valence-corrected chi connectivity index (χ3v) is 4.63. The van der Waals surface area contributed by atoms with Gasteiger partial charge in [-0.15, -0.1) is 0 Å². The molecule has 30 heavy (non-hydrogen) atoms. The minimum atomic E-state index is -0.588. The van der Waals surface area contributed by atoms with Gasteiger partial charge in [-0.25, -0.2) is 9.78 Å². The van der Waals surface area contributed by atoms with Crippen LogP contribution in [-0.4, -0.2) is 16.7 Å². The molecule has 0 atom stereocenters. The van der Waals surface area contributed by atoms with Crippen LogP contribution >= 0.6 is 0 Å². The Kier molecular flexibility index (Phi) is 5.52. The highest BCUT2D eigenvalue weighted by molar-refractivity contribution is 6.14. The number of carbonyl (C=O) groups excluding carboxylic acids is 2. The molecule has 1 aromatic heterocycles. The average Bonchev–Trinajstić information content (AvgIpc) is 3.27. The molecule has 0 radical (unpaired) electrons. The lowest BCUT2D eigenvalue weighted by atomic mass is 9.98. The molecule has 4 aromatic rings. The van der Waals surface area contributed by atoms with E-state index in [0.29, 0.717) is 22.7 Å². The van der Waals surface area contributed by atoms with Gasteiger partial charge in [-0.2, -0.15) is 0 Å². The molecular formula is C25H19NO4. The Bertz CT molecular complexity index is 1180. The fourth-order valence-corrected chi connectivity index (χ4v) is 3.02. The van der Waals surface area contributed by atoms with Crippen molar-refractivity contribution in [2.45, 2.75) is 13.5 Å². The molecule has 0 aliphatic heterocycles. The van der Waals surface area contributed by atoms with E-state index < -0.39 is 5.97 Å². The summed E-state index contributed by atoms with van der Waals surface area (Å²) in [5.74, 6) is -0.359. The molecule has 1 heterocycles. The predicted octanol–water partition coefficient (Wildman–Crippen LogP) is 5.24. The maximum absolute atomic E-state index is 12.9. The van der Waals surface area contributed by atoms with Crippen molar-refractivity contribution in [1.29, 1.82) is 0 Å². The molecule has 0 bridgehead atoms. The molecule has 3 aromatic carbocycles. The zero-order chi connectivity index (χ0) is 20.9. The van der Waals surface area contributed by atoms with Crippen LogP contribution in [0.1, 0.15) is 37.5 Å². The summed E-state index contributed by atoms with van der Waals surface area (Å²) in [6.07, 6.45) is 1.46. The number of benzene rings is 3. The van der Waals surface area contributed by atoms with E-state index in [1.807, 2.05) is 49.4 Å². The van der Waals surface area contributed by atoms with Crippen molar-refractivity contribution in [1.82, 2.24) is 4.98 Å². The number of aryl methyl sites for hydroxylation is 1. The highest BCUT2D eigenvalue weighted by Gasteiger charge is 2.19. The van der Waals surface area contributed by atoms with Gasteiger partial charge >= 0.3 is 5.97 Å². The maximum Gasteiger partial charge on any atom is 0.339 e. The Morgan fingerprint density at radius 2 is 1.53 bits per heavy atom. The van der Waals surface area contributed by atoms with Crippen molar-refractivity contribution < 1.29 is 18.7 Å². The minimum Gasteiger partial charge on any atom is -0.455 e. The van der Waals surface area contributed by atoms with Gasteiger partial charge in [0.1, 0.15) is 18.6 Å². The lowest BCUT2D eigenvalue weighted by Crippen LogP contribution is -2.12. The van der Waals surface area contributed by atoms with Crippen molar-refractivity contribution in [3.05, 3.63) is 113 Å². The van der Waals surface area contributed by atoms with Crippen LogP contribution < -0.4 is 0 Å². The monoisotopic (exact) mass is 397 g/mol. The molecular weight excluding hydrogens is 378 g/mol. The Balaban J connectivity index is 1.49. The lowest BCUT2D eigenvalue weighted by molar-refractivity contribution is 0.0465. The maximum atomic E-state index is 12.9. The summed E-state index contributed by atoms with van der Waals surface area (Å²) in [4.78, 5) is 29.9. The van der Waals surface area contributed by atoms with Gasteiger partial charge in [-0.1, -0.05) is 66.2 Å². The smallest absolute Gasteiger partial charge is 0.339 e. The second-order valence-electron chi connectivity index (χ2n) is 6.83. The zero-order valence-electron chi connectivity index (χ0n) is 16.4. The number of hydrogen-bond donors (Lipinski definition) is 0. The molecule has 0 spiro atoms. The fourth-order valence-electron chi connectivity index (χ4n) is 3.02. The summed E-state index contributed by atoms with van der Waals surface area (Å²) >= 11 is 0. The molecule has 0 saturated carbocycles. The topological polar surface area (TPSA) is 69.4 Å². The number of rotatable bonds is 6. The Morgan fingerprint density at radius 1 is 0.867 bits per heavy atom. The van der Waals surface area contributed by atoms with Crippen molar-refractivity contribution >= 4 is 11.8 Å². The third-order valence-electron chi connectivity index (χ3n) is 4.63.